The maximum absolute atomic E-state index is 10.2. The summed E-state index contributed by atoms with van der Waals surface area (Å²) in [7, 11) is 0. The lowest BCUT2D eigenvalue weighted by Crippen LogP contribution is -2.24. The Bertz CT molecular complexity index is 224. The molecule has 2 amide bonds. The number of carbonyl (C=O) groups excluding carboxylic acids is 3. The summed E-state index contributed by atoms with van der Waals surface area (Å²) in [5.41, 5.74) is 0. The number of imide groups is 1. The van der Waals surface area contributed by atoms with Gasteiger partial charge in [0.05, 0.1) is 6.61 Å². The van der Waals surface area contributed by atoms with Gasteiger partial charge in [-0.1, -0.05) is 13.5 Å². The monoisotopic (exact) mass is 215 g/mol. The van der Waals surface area contributed by atoms with E-state index >= 15 is 0 Å². The molecular weight excluding hydrogens is 198 g/mol. The van der Waals surface area contributed by atoms with E-state index in [4.69, 9.17) is 0 Å². The number of rotatable bonds is 3. The zero-order chi connectivity index (χ0) is 12.3. The van der Waals surface area contributed by atoms with E-state index in [0.717, 1.165) is 12.5 Å². The van der Waals surface area contributed by atoms with E-state index in [0.29, 0.717) is 6.61 Å². The summed E-state index contributed by atoms with van der Waals surface area (Å²) in [6.45, 7) is 8.26. The zero-order valence-corrected chi connectivity index (χ0v) is 9.33. The second-order valence-electron chi connectivity index (χ2n) is 2.61. The zero-order valence-electron chi connectivity index (χ0n) is 9.33. The van der Waals surface area contributed by atoms with Crippen molar-refractivity contribution in [1.29, 1.82) is 0 Å². The number of nitrogens with one attached hydrogen (secondary N) is 1. The minimum Gasteiger partial charge on any atom is -0.463 e. The molecule has 0 fully saturated rings. The van der Waals surface area contributed by atoms with Crippen molar-refractivity contribution in [2.45, 2.75) is 27.2 Å². The van der Waals surface area contributed by atoms with Crippen molar-refractivity contribution in [3.8, 4) is 0 Å². The molecule has 86 valence electrons. The maximum Gasteiger partial charge on any atom is 0.330 e. The average molecular weight is 215 g/mol. The van der Waals surface area contributed by atoms with Crippen molar-refractivity contribution in [2.24, 2.45) is 0 Å². The first kappa shape index (κ1) is 15.8. The van der Waals surface area contributed by atoms with Crippen LogP contribution in [-0.4, -0.2) is 24.4 Å². The summed E-state index contributed by atoms with van der Waals surface area (Å²) in [5, 5.41) is 2.03. The summed E-state index contributed by atoms with van der Waals surface area (Å²) in [5.74, 6) is -0.966. The van der Waals surface area contributed by atoms with E-state index < -0.39 is 0 Å². The van der Waals surface area contributed by atoms with E-state index in [1.54, 1.807) is 0 Å². The van der Waals surface area contributed by atoms with E-state index in [-0.39, 0.29) is 17.8 Å². The van der Waals surface area contributed by atoms with Crippen LogP contribution in [0, 0.1) is 0 Å². The van der Waals surface area contributed by atoms with Crippen molar-refractivity contribution in [2.75, 3.05) is 6.61 Å². The van der Waals surface area contributed by atoms with Crippen molar-refractivity contribution in [3.05, 3.63) is 12.7 Å². The topological polar surface area (TPSA) is 72.5 Å². The molecule has 1 N–H and O–H groups in total. The Morgan fingerprint density at radius 2 is 1.73 bits per heavy atom. The molecule has 0 aromatic heterocycles. The highest BCUT2D eigenvalue weighted by atomic mass is 16.5. The third-order valence-corrected chi connectivity index (χ3v) is 0.967. The molecule has 0 aliphatic carbocycles. The van der Waals surface area contributed by atoms with Crippen LogP contribution in [0.25, 0.3) is 0 Å². The van der Waals surface area contributed by atoms with Crippen LogP contribution in [0.1, 0.15) is 27.2 Å². The van der Waals surface area contributed by atoms with Gasteiger partial charge >= 0.3 is 5.97 Å². The second-order valence-corrected chi connectivity index (χ2v) is 2.61. The fourth-order valence-electron chi connectivity index (χ4n) is 0.509. The first-order valence-electron chi connectivity index (χ1n) is 4.51. The fourth-order valence-corrected chi connectivity index (χ4v) is 0.509. The van der Waals surface area contributed by atoms with Gasteiger partial charge in [0.2, 0.25) is 11.8 Å². The molecule has 0 spiro atoms. The second kappa shape index (κ2) is 10.4. The Balaban J connectivity index is 0. The molecule has 0 aliphatic rings. The fraction of sp³-hybridized carbons (Fsp3) is 0.500. The molecule has 0 unspecified atom stereocenters. The van der Waals surface area contributed by atoms with Gasteiger partial charge < -0.3 is 4.74 Å². The van der Waals surface area contributed by atoms with Gasteiger partial charge in [0.15, 0.2) is 0 Å². The first-order chi connectivity index (χ1) is 6.93. The molecular formula is C10H17NO4. The van der Waals surface area contributed by atoms with Crippen LogP contribution < -0.4 is 5.32 Å². The average Bonchev–Trinajstić information content (AvgIpc) is 2.12. The number of hydrogen-bond donors (Lipinski definition) is 1. The van der Waals surface area contributed by atoms with Gasteiger partial charge in [0.25, 0.3) is 0 Å². The lowest BCUT2D eigenvalue weighted by Gasteiger charge is -1.94. The van der Waals surface area contributed by atoms with Gasteiger partial charge in [-0.2, -0.15) is 0 Å². The molecule has 0 heterocycles. The van der Waals surface area contributed by atoms with Crippen LogP contribution in [0.15, 0.2) is 12.7 Å². The molecule has 0 saturated heterocycles. The van der Waals surface area contributed by atoms with Crippen LogP contribution in [0.4, 0.5) is 0 Å². The van der Waals surface area contributed by atoms with Crippen LogP contribution >= 0.6 is 0 Å². The number of hydrogen-bond acceptors (Lipinski definition) is 4. The molecule has 0 radical (unpaired) electrons. The molecule has 0 bridgehead atoms. The Kier molecular flexibility index (Phi) is 11.0. The molecule has 0 aromatic rings. The number of esters is 1. The highest BCUT2D eigenvalue weighted by Crippen LogP contribution is 1.81. The lowest BCUT2D eigenvalue weighted by molar-refractivity contribution is -0.137. The Morgan fingerprint density at radius 1 is 1.27 bits per heavy atom. The summed E-state index contributed by atoms with van der Waals surface area (Å²) < 4.78 is 4.58. The predicted octanol–water partition coefficient (Wildman–Crippen LogP) is 0.795. The van der Waals surface area contributed by atoms with Gasteiger partial charge in [0, 0.05) is 19.9 Å². The van der Waals surface area contributed by atoms with Gasteiger partial charge in [-0.25, -0.2) is 4.79 Å². The van der Waals surface area contributed by atoms with E-state index in [2.05, 4.69) is 11.3 Å². The molecule has 0 aliphatic heterocycles. The van der Waals surface area contributed by atoms with Crippen LogP contribution in [0.2, 0.25) is 0 Å². The molecule has 0 rings (SSSR count). The van der Waals surface area contributed by atoms with Crippen LogP contribution in [0.5, 0.6) is 0 Å². The summed E-state index contributed by atoms with van der Waals surface area (Å²) in [4.78, 5) is 30.1. The van der Waals surface area contributed by atoms with Crippen molar-refractivity contribution < 1.29 is 19.1 Å². The third kappa shape index (κ3) is 19.0. The third-order valence-electron chi connectivity index (χ3n) is 0.967. The summed E-state index contributed by atoms with van der Waals surface area (Å²) in [6.07, 6.45) is 2.02. The standard InChI is InChI=1S/C6H10O2.C4H7NO2/c1-3-5-8-6(7)4-2;1-3(6)5-4(2)7/h4H,2-3,5H2,1H3;1-2H3,(H,5,6,7). The molecule has 5 heteroatoms. The predicted molar refractivity (Wildman–Crippen MR) is 55.9 cm³/mol. The Labute approximate surface area is 89.5 Å². The maximum atomic E-state index is 10.2. The van der Waals surface area contributed by atoms with Crippen molar-refractivity contribution in [3.63, 3.8) is 0 Å². The highest BCUT2D eigenvalue weighted by Gasteiger charge is 1.90. The minimum absolute atomic E-state index is 0.312. The van der Waals surface area contributed by atoms with E-state index in [1.807, 2.05) is 12.2 Å². The van der Waals surface area contributed by atoms with Crippen LogP contribution in [0.3, 0.4) is 0 Å². The van der Waals surface area contributed by atoms with Crippen molar-refractivity contribution in [1.82, 2.24) is 5.32 Å². The Morgan fingerprint density at radius 3 is 1.93 bits per heavy atom. The van der Waals surface area contributed by atoms with Gasteiger partial charge in [-0.05, 0) is 6.42 Å². The van der Waals surface area contributed by atoms with Gasteiger partial charge in [0.1, 0.15) is 0 Å². The van der Waals surface area contributed by atoms with Gasteiger partial charge in [-0.3, -0.25) is 14.9 Å². The number of ether oxygens (including phenoxy) is 1. The van der Waals surface area contributed by atoms with E-state index in [1.165, 1.54) is 13.8 Å². The number of carbonyl (C=O) groups is 3. The summed E-state index contributed by atoms with van der Waals surface area (Å²) >= 11 is 0. The number of amides is 2. The first-order valence-corrected chi connectivity index (χ1v) is 4.51. The molecule has 0 aromatic carbocycles. The smallest absolute Gasteiger partial charge is 0.330 e. The quantitative estimate of drug-likeness (QED) is 0.558. The molecule has 0 atom stereocenters. The largest absolute Gasteiger partial charge is 0.463 e. The van der Waals surface area contributed by atoms with Gasteiger partial charge in [-0.15, -0.1) is 0 Å². The molecule has 5 nitrogen and oxygen atoms in total. The van der Waals surface area contributed by atoms with E-state index in [9.17, 15) is 14.4 Å². The Hall–Kier alpha value is -1.65. The molecule has 0 saturated carbocycles. The SMILES string of the molecule is C=CC(=O)OCCC.CC(=O)NC(C)=O. The highest BCUT2D eigenvalue weighted by molar-refractivity contribution is 5.92. The lowest BCUT2D eigenvalue weighted by atomic mass is 10.5. The van der Waals surface area contributed by atoms with Crippen LogP contribution in [-0.2, 0) is 19.1 Å². The minimum atomic E-state index is -0.341. The molecule has 15 heavy (non-hydrogen) atoms. The summed E-state index contributed by atoms with van der Waals surface area (Å²) in [6, 6.07) is 0. The normalized spacial score (nSPS) is 7.93. The van der Waals surface area contributed by atoms with Crippen molar-refractivity contribution >= 4 is 17.8 Å².